The van der Waals surface area contributed by atoms with Gasteiger partial charge in [-0.25, -0.2) is 0 Å². The smallest absolute Gasteiger partial charge is 0.122 e. The van der Waals surface area contributed by atoms with E-state index in [0.717, 1.165) is 25.4 Å². The Balaban J connectivity index is 1.49. The zero-order valence-electron chi connectivity index (χ0n) is 12.2. The first kappa shape index (κ1) is 14.0. The average Bonchev–Trinajstić information content (AvgIpc) is 2.55. The highest BCUT2D eigenvalue weighted by molar-refractivity contribution is 5.16. The van der Waals surface area contributed by atoms with E-state index in [1.54, 1.807) is 12.4 Å². The molecule has 21 heavy (non-hydrogen) atoms. The molecule has 0 aromatic carbocycles. The highest BCUT2D eigenvalue weighted by Gasteiger charge is 2.20. The molecular formula is C17H21N3O. The van der Waals surface area contributed by atoms with E-state index in [2.05, 4.69) is 27.0 Å². The van der Waals surface area contributed by atoms with E-state index in [4.69, 9.17) is 4.74 Å². The lowest BCUT2D eigenvalue weighted by Crippen LogP contribution is -2.37. The molecule has 0 amide bonds. The Morgan fingerprint density at radius 1 is 1.05 bits per heavy atom. The molecule has 0 radical (unpaired) electrons. The Hall–Kier alpha value is -1.94. The molecule has 110 valence electrons. The van der Waals surface area contributed by atoms with Crippen LogP contribution in [0.15, 0.2) is 49.1 Å². The second kappa shape index (κ2) is 7.18. The normalized spacial score (nSPS) is 19.3. The SMILES string of the molecule is c1cc(CN2CCCC(COc3ccncc3)C2)ccn1. The molecule has 1 fully saturated rings. The summed E-state index contributed by atoms with van der Waals surface area (Å²) < 4.78 is 5.87. The van der Waals surface area contributed by atoms with E-state index in [1.807, 2.05) is 24.5 Å². The fourth-order valence-corrected chi connectivity index (χ4v) is 2.83. The number of aromatic nitrogens is 2. The topological polar surface area (TPSA) is 38.2 Å². The summed E-state index contributed by atoms with van der Waals surface area (Å²) in [7, 11) is 0. The van der Waals surface area contributed by atoms with Gasteiger partial charge < -0.3 is 4.74 Å². The summed E-state index contributed by atoms with van der Waals surface area (Å²) in [5.41, 5.74) is 1.33. The maximum atomic E-state index is 5.87. The van der Waals surface area contributed by atoms with Crippen molar-refractivity contribution in [2.75, 3.05) is 19.7 Å². The number of ether oxygens (including phenoxy) is 1. The van der Waals surface area contributed by atoms with Gasteiger partial charge in [0.15, 0.2) is 0 Å². The Bertz CT molecular complexity index is 532. The van der Waals surface area contributed by atoms with Gasteiger partial charge in [0.2, 0.25) is 0 Å². The Labute approximate surface area is 125 Å². The van der Waals surface area contributed by atoms with Crippen LogP contribution in [-0.4, -0.2) is 34.6 Å². The van der Waals surface area contributed by atoms with Crippen molar-refractivity contribution in [3.8, 4) is 5.75 Å². The van der Waals surface area contributed by atoms with Gasteiger partial charge >= 0.3 is 0 Å². The monoisotopic (exact) mass is 283 g/mol. The van der Waals surface area contributed by atoms with Gasteiger partial charge in [0, 0.05) is 43.8 Å². The van der Waals surface area contributed by atoms with Gasteiger partial charge in [0.05, 0.1) is 6.61 Å². The minimum Gasteiger partial charge on any atom is -0.493 e. The van der Waals surface area contributed by atoms with E-state index in [9.17, 15) is 0 Å². The van der Waals surface area contributed by atoms with E-state index in [-0.39, 0.29) is 0 Å². The van der Waals surface area contributed by atoms with Gasteiger partial charge in [-0.1, -0.05) is 0 Å². The lowest BCUT2D eigenvalue weighted by atomic mass is 9.98. The predicted octanol–water partition coefficient (Wildman–Crippen LogP) is 2.77. The maximum absolute atomic E-state index is 5.87. The van der Waals surface area contributed by atoms with Gasteiger partial charge in [-0.05, 0) is 49.2 Å². The van der Waals surface area contributed by atoms with Crippen LogP contribution in [0.5, 0.6) is 5.75 Å². The predicted molar refractivity (Wildman–Crippen MR) is 82.0 cm³/mol. The minimum absolute atomic E-state index is 0.605. The third-order valence-corrected chi connectivity index (χ3v) is 3.89. The first-order chi connectivity index (χ1) is 10.4. The van der Waals surface area contributed by atoms with Crippen LogP contribution in [0.1, 0.15) is 18.4 Å². The number of likely N-dealkylation sites (tertiary alicyclic amines) is 1. The quantitative estimate of drug-likeness (QED) is 0.845. The molecule has 1 aliphatic heterocycles. The summed E-state index contributed by atoms with van der Waals surface area (Å²) in [5.74, 6) is 1.52. The van der Waals surface area contributed by atoms with Crippen molar-refractivity contribution in [1.29, 1.82) is 0 Å². The lowest BCUT2D eigenvalue weighted by molar-refractivity contribution is 0.125. The highest BCUT2D eigenvalue weighted by atomic mass is 16.5. The minimum atomic E-state index is 0.605. The molecule has 3 heterocycles. The van der Waals surface area contributed by atoms with Crippen LogP contribution in [-0.2, 0) is 6.54 Å². The van der Waals surface area contributed by atoms with Gasteiger partial charge in [-0.2, -0.15) is 0 Å². The van der Waals surface area contributed by atoms with Crippen molar-refractivity contribution in [3.63, 3.8) is 0 Å². The zero-order valence-corrected chi connectivity index (χ0v) is 12.2. The highest BCUT2D eigenvalue weighted by Crippen LogP contribution is 2.20. The van der Waals surface area contributed by atoms with Crippen LogP contribution in [0, 0.1) is 5.92 Å². The molecule has 3 rings (SSSR count). The summed E-state index contributed by atoms with van der Waals surface area (Å²) in [4.78, 5) is 10.6. The second-order valence-electron chi connectivity index (χ2n) is 5.59. The molecule has 4 heteroatoms. The molecule has 1 unspecified atom stereocenters. The maximum Gasteiger partial charge on any atom is 0.122 e. The van der Waals surface area contributed by atoms with E-state index >= 15 is 0 Å². The molecule has 2 aromatic heterocycles. The third-order valence-electron chi connectivity index (χ3n) is 3.89. The van der Waals surface area contributed by atoms with E-state index < -0.39 is 0 Å². The molecule has 0 aliphatic carbocycles. The van der Waals surface area contributed by atoms with Crippen molar-refractivity contribution >= 4 is 0 Å². The van der Waals surface area contributed by atoms with Crippen LogP contribution < -0.4 is 4.74 Å². The van der Waals surface area contributed by atoms with Crippen LogP contribution >= 0.6 is 0 Å². The van der Waals surface area contributed by atoms with Crippen molar-refractivity contribution in [2.24, 2.45) is 5.92 Å². The molecule has 0 saturated carbocycles. The first-order valence-corrected chi connectivity index (χ1v) is 7.54. The van der Waals surface area contributed by atoms with Gasteiger partial charge in [-0.15, -0.1) is 0 Å². The summed E-state index contributed by atoms with van der Waals surface area (Å²) in [6.07, 6.45) is 9.76. The summed E-state index contributed by atoms with van der Waals surface area (Å²) >= 11 is 0. The molecule has 1 saturated heterocycles. The molecule has 4 nitrogen and oxygen atoms in total. The molecule has 1 atom stereocenters. The molecule has 0 N–H and O–H groups in total. The van der Waals surface area contributed by atoms with Gasteiger partial charge in [0.1, 0.15) is 5.75 Å². The number of hydrogen-bond acceptors (Lipinski definition) is 4. The summed E-state index contributed by atoms with van der Waals surface area (Å²) in [5, 5.41) is 0. The van der Waals surface area contributed by atoms with E-state index in [1.165, 1.54) is 24.9 Å². The van der Waals surface area contributed by atoms with Crippen LogP contribution in [0.4, 0.5) is 0 Å². The molecule has 0 spiro atoms. The summed E-state index contributed by atoms with van der Waals surface area (Å²) in [6, 6.07) is 8.02. The van der Waals surface area contributed by atoms with Crippen LogP contribution in [0.2, 0.25) is 0 Å². The van der Waals surface area contributed by atoms with Crippen LogP contribution in [0.3, 0.4) is 0 Å². The van der Waals surface area contributed by atoms with Crippen molar-refractivity contribution in [1.82, 2.24) is 14.9 Å². The fraction of sp³-hybridized carbons (Fsp3) is 0.412. The van der Waals surface area contributed by atoms with Gasteiger partial charge in [0.25, 0.3) is 0 Å². The molecule has 2 aromatic rings. The largest absolute Gasteiger partial charge is 0.493 e. The Morgan fingerprint density at radius 3 is 2.52 bits per heavy atom. The van der Waals surface area contributed by atoms with Gasteiger partial charge in [-0.3, -0.25) is 14.9 Å². The molecule has 0 bridgehead atoms. The van der Waals surface area contributed by atoms with E-state index in [0.29, 0.717) is 5.92 Å². The number of hydrogen-bond donors (Lipinski definition) is 0. The number of pyridine rings is 2. The van der Waals surface area contributed by atoms with Crippen molar-refractivity contribution in [2.45, 2.75) is 19.4 Å². The average molecular weight is 283 g/mol. The van der Waals surface area contributed by atoms with Crippen LogP contribution in [0.25, 0.3) is 0 Å². The van der Waals surface area contributed by atoms with Crippen molar-refractivity contribution < 1.29 is 4.74 Å². The fourth-order valence-electron chi connectivity index (χ4n) is 2.83. The Kier molecular flexibility index (Phi) is 4.79. The molecular weight excluding hydrogens is 262 g/mol. The molecule has 1 aliphatic rings. The first-order valence-electron chi connectivity index (χ1n) is 7.54. The third kappa shape index (κ3) is 4.26. The number of rotatable bonds is 5. The summed E-state index contributed by atoms with van der Waals surface area (Å²) in [6.45, 7) is 4.08. The second-order valence-corrected chi connectivity index (χ2v) is 5.59. The standard InChI is InChI=1S/C17H21N3O/c1-2-16(14-21-17-5-9-19-10-6-17)13-20(11-1)12-15-3-7-18-8-4-15/h3-10,16H,1-2,11-14H2. The van der Waals surface area contributed by atoms with Crippen molar-refractivity contribution in [3.05, 3.63) is 54.6 Å². The number of nitrogens with zero attached hydrogens (tertiary/aromatic N) is 3. The lowest BCUT2D eigenvalue weighted by Gasteiger charge is -2.32. The number of piperidine rings is 1. The zero-order chi connectivity index (χ0) is 14.3. The Morgan fingerprint density at radius 2 is 1.76 bits per heavy atom.